The summed E-state index contributed by atoms with van der Waals surface area (Å²) < 4.78 is 0. The van der Waals surface area contributed by atoms with Crippen molar-refractivity contribution in [3.63, 3.8) is 0 Å². The number of aromatic nitrogens is 1. The Hall–Kier alpha value is -0.610. The van der Waals surface area contributed by atoms with Gasteiger partial charge >= 0.3 is 0 Å². The molecule has 0 aromatic carbocycles. The lowest BCUT2D eigenvalue weighted by molar-refractivity contribution is 0.194. The van der Waals surface area contributed by atoms with Crippen molar-refractivity contribution in [2.75, 3.05) is 25.5 Å². The quantitative estimate of drug-likeness (QED) is 0.879. The first-order valence-corrected chi connectivity index (χ1v) is 6.86. The van der Waals surface area contributed by atoms with Gasteiger partial charge in [-0.1, -0.05) is 6.42 Å². The first kappa shape index (κ1) is 11.9. The minimum Gasteiger partial charge on any atom is -0.360 e. The summed E-state index contributed by atoms with van der Waals surface area (Å²) in [6, 6.07) is 0.679. The van der Waals surface area contributed by atoms with E-state index in [2.05, 4.69) is 36.1 Å². The SMILES string of the molecule is Cc1nc(NCC2CCCCN2C)sc1C. The van der Waals surface area contributed by atoms with Gasteiger partial charge in [-0.3, -0.25) is 0 Å². The molecule has 0 amide bonds. The van der Waals surface area contributed by atoms with E-state index in [4.69, 9.17) is 0 Å². The third-order valence-corrected chi connectivity index (χ3v) is 4.47. The molecule has 16 heavy (non-hydrogen) atoms. The Morgan fingerprint density at radius 2 is 2.25 bits per heavy atom. The minimum absolute atomic E-state index is 0.679. The summed E-state index contributed by atoms with van der Waals surface area (Å²) in [7, 11) is 2.23. The van der Waals surface area contributed by atoms with E-state index in [1.807, 2.05) is 0 Å². The largest absolute Gasteiger partial charge is 0.360 e. The van der Waals surface area contributed by atoms with Crippen molar-refractivity contribution in [2.45, 2.75) is 39.2 Å². The Morgan fingerprint density at radius 3 is 2.88 bits per heavy atom. The van der Waals surface area contributed by atoms with Gasteiger partial charge in [0.1, 0.15) is 0 Å². The number of piperidine rings is 1. The molecule has 1 atom stereocenters. The van der Waals surface area contributed by atoms with Gasteiger partial charge in [0.05, 0.1) is 5.69 Å². The first-order chi connectivity index (χ1) is 7.66. The van der Waals surface area contributed by atoms with Crippen LogP contribution in [0.3, 0.4) is 0 Å². The molecule has 0 bridgehead atoms. The summed E-state index contributed by atoms with van der Waals surface area (Å²) in [5.74, 6) is 0. The molecular formula is C12H21N3S. The van der Waals surface area contributed by atoms with E-state index in [9.17, 15) is 0 Å². The Morgan fingerprint density at radius 1 is 1.44 bits per heavy atom. The maximum atomic E-state index is 4.51. The van der Waals surface area contributed by atoms with Crippen LogP contribution >= 0.6 is 11.3 Å². The molecule has 2 heterocycles. The van der Waals surface area contributed by atoms with Crippen LogP contribution in [0.15, 0.2) is 0 Å². The second-order valence-electron chi connectivity index (χ2n) is 4.67. The number of rotatable bonds is 3. The molecule has 4 heteroatoms. The van der Waals surface area contributed by atoms with E-state index in [-0.39, 0.29) is 0 Å². The summed E-state index contributed by atoms with van der Waals surface area (Å²) in [6.07, 6.45) is 4.03. The molecule has 1 aromatic rings. The third-order valence-electron chi connectivity index (χ3n) is 3.44. The van der Waals surface area contributed by atoms with Crippen molar-refractivity contribution in [3.8, 4) is 0 Å². The fourth-order valence-corrected chi connectivity index (χ4v) is 2.98. The van der Waals surface area contributed by atoms with Crippen LogP contribution in [0.5, 0.6) is 0 Å². The number of nitrogens with zero attached hydrogens (tertiary/aromatic N) is 2. The molecule has 0 aliphatic carbocycles. The van der Waals surface area contributed by atoms with Gasteiger partial charge in [-0.15, -0.1) is 11.3 Å². The number of anilines is 1. The van der Waals surface area contributed by atoms with E-state index in [1.54, 1.807) is 11.3 Å². The zero-order valence-corrected chi connectivity index (χ0v) is 11.2. The number of hydrogen-bond donors (Lipinski definition) is 1. The van der Waals surface area contributed by atoms with Crippen LogP contribution < -0.4 is 5.32 Å². The van der Waals surface area contributed by atoms with Gasteiger partial charge in [0.15, 0.2) is 5.13 Å². The lowest BCUT2D eigenvalue weighted by Crippen LogP contribution is -2.40. The lowest BCUT2D eigenvalue weighted by atomic mass is 10.0. The van der Waals surface area contributed by atoms with Crippen LogP contribution in [0.25, 0.3) is 0 Å². The van der Waals surface area contributed by atoms with Gasteiger partial charge in [-0.05, 0) is 40.3 Å². The van der Waals surface area contributed by atoms with Crippen molar-refractivity contribution in [1.82, 2.24) is 9.88 Å². The molecule has 1 N–H and O–H groups in total. The van der Waals surface area contributed by atoms with Gasteiger partial charge < -0.3 is 10.2 Å². The van der Waals surface area contributed by atoms with Crippen LogP contribution in [0, 0.1) is 13.8 Å². The monoisotopic (exact) mass is 239 g/mol. The normalized spacial score (nSPS) is 22.3. The fraction of sp³-hybridized carbons (Fsp3) is 0.750. The highest BCUT2D eigenvalue weighted by Crippen LogP contribution is 2.22. The molecular weight excluding hydrogens is 218 g/mol. The van der Waals surface area contributed by atoms with Crippen LogP contribution in [-0.4, -0.2) is 36.1 Å². The zero-order valence-electron chi connectivity index (χ0n) is 10.4. The Bertz CT molecular complexity index is 329. The van der Waals surface area contributed by atoms with Gasteiger partial charge in [-0.25, -0.2) is 4.98 Å². The molecule has 1 aliphatic rings. The smallest absolute Gasteiger partial charge is 0.183 e. The van der Waals surface area contributed by atoms with E-state index in [1.165, 1.54) is 30.7 Å². The Kier molecular flexibility index (Phi) is 3.82. The van der Waals surface area contributed by atoms with Crippen molar-refractivity contribution in [3.05, 3.63) is 10.6 Å². The number of aryl methyl sites for hydroxylation is 2. The highest BCUT2D eigenvalue weighted by Gasteiger charge is 2.18. The van der Waals surface area contributed by atoms with E-state index >= 15 is 0 Å². The number of likely N-dealkylation sites (N-methyl/N-ethyl adjacent to an activating group) is 1. The van der Waals surface area contributed by atoms with Gasteiger partial charge in [0.2, 0.25) is 0 Å². The maximum Gasteiger partial charge on any atom is 0.183 e. The van der Waals surface area contributed by atoms with E-state index < -0.39 is 0 Å². The molecule has 1 saturated heterocycles. The van der Waals surface area contributed by atoms with E-state index in [0.29, 0.717) is 6.04 Å². The zero-order chi connectivity index (χ0) is 11.5. The lowest BCUT2D eigenvalue weighted by Gasteiger charge is -2.32. The van der Waals surface area contributed by atoms with Crippen molar-refractivity contribution in [2.24, 2.45) is 0 Å². The van der Waals surface area contributed by atoms with Gasteiger partial charge in [0, 0.05) is 17.5 Å². The van der Waals surface area contributed by atoms with Gasteiger partial charge in [-0.2, -0.15) is 0 Å². The number of nitrogens with one attached hydrogen (secondary N) is 1. The second kappa shape index (κ2) is 5.15. The molecule has 0 spiro atoms. The molecule has 3 nitrogen and oxygen atoms in total. The molecule has 90 valence electrons. The predicted octanol–water partition coefficient (Wildman–Crippen LogP) is 2.66. The van der Waals surface area contributed by atoms with Crippen molar-refractivity contribution in [1.29, 1.82) is 0 Å². The molecule has 0 saturated carbocycles. The number of likely N-dealkylation sites (tertiary alicyclic amines) is 1. The molecule has 1 fully saturated rings. The average Bonchev–Trinajstić information content (AvgIpc) is 2.57. The Balaban J connectivity index is 1.86. The summed E-state index contributed by atoms with van der Waals surface area (Å²) >= 11 is 1.76. The fourth-order valence-electron chi connectivity index (χ4n) is 2.16. The second-order valence-corrected chi connectivity index (χ2v) is 5.87. The minimum atomic E-state index is 0.679. The molecule has 1 aromatic heterocycles. The van der Waals surface area contributed by atoms with Crippen LogP contribution in [0.4, 0.5) is 5.13 Å². The molecule has 1 aliphatic heterocycles. The standard InChI is InChI=1S/C12H21N3S/c1-9-10(2)16-12(14-9)13-8-11-6-4-5-7-15(11)3/h11H,4-8H2,1-3H3,(H,13,14). The third kappa shape index (κ3) is 2.74. The summed E-state index contributed by atoms with van der Waals surface area (Å²) in [5.41, 5.74) is 1.16. The predicted molar refractivity (Wildman–Crippen MR) is 70.3 cm³/mol. The number of thiazole rings is 1. The highest BCUT2D eigenvalue weighted by atomic mass is 32.1. The summed E-state index contributed by atoms with van der Waals surface area (Å²) in [6.45, 7) is 6.47. The topological polar surface area (TPSA) is 28.2 Å². The highest BCUT2D eigenvalue weighted by molar-refractivity contribution is 7.15. The summed E-state index contributed by atoms with van der Waals surface area (Å²) in [4.78, 5) is 8.29. The Labute approximate surface area is 102 Å². The maximum absolute atomic E-state index is 4.51. The van der Waals surface area contributed by atoms with Crippen molar-refractivity contribution >= 4 is 16.5 Å². The van der Waals surface area contributed by atoms with E-state index in [0.717, 1.165) is 17.4 Å². The average molecular weight is 239 g/mol. The van der Waals surface area contributed by atoms with Crippen molar-refractivity contribution < 1.29 is 0 Å². The first-order valence-electron chi connectivity index (χ1n) is 6.05. The van der Waals surface area contributed by atoms with Crippen LogP contribution in [0.2, 0.25) is 0 Å². The van der Waals surface area contributed by atoms with Crippen LogP contribution in [0.1, 0.15) is 29.8 Å². The summed E-state index contributed by atoms with van der Waals surface area (Å²) in [5, 5.41) is 4.55. The van der Waals surface area contributed by atoms with Gasteiger partial charge in [0.25, 0.3) is 0 Å². The molecule has 2 rings (SSSR count). The molecule has 0 radical (unpaired) electrons. The number of hydrogen-bond acceptors (Lipinski definition) is 4. The molecule has 1 unspecified atom stereocenters. The van der Waals surface area contributed by atoms with Crippen LogP contribution in [-0.2, 0) is 0 Å².